The number of hydrogen-bond acceptors (Lipinski definition) is 5. The van der Waals surface area contributed by atoms with Crippen molar-refractivity contribution >= 4 is 11.7 Å². The minimum absolute atomic E-state index is 0.0920. The molecule has 1 amide bonds. The summed E-state index contributed by atoms with van der Waals surface area (Å²) in [4.78, 5) is 26.6. The number of aliphatic hydroxyl groups excluding tert-OH is 1. The number of carbonyl (C=O) groups is 1. The summed E-state index contributed by atoms with van der Waals surface area (Å²) in [5.74, 6) is 1.77. The van der Waals surface area contributed by atoms with Gasteiger partial charge in [0.15, 0.2) is 0 Å². The molecule has 2 aliphatic rings. The topological polar surface area (TPSA) is 69.6 Å². The van der Waals surface area contributed by atoms with Gasteiger partial charge in [0.25, 0.3) is 0 Å². The molecule has 1 aliphatic heterocycles. The van der Waals surface area contributed by atoms with Crippen LogP contribution in [0.25, 0.3) is 0 Å². The molecule has 2 aromatic rings. The van der Waals surface area contributed by atoms with Gasteiger partial charge >= 0.3 is 0 Å². The van der Waals surface area contributed by atoms with Crippen LogP contribution in [0, 0.1) is 12.8 Å². The van der Waals surface area contributed by atoms with Crippen molar-refractivity contribution in [3.8, 4) is 0 Å². The summed E-state index contributed by atoms with van der Waals surface area (Å²) in [6.45, 7) is 11.4. The van der Waals surface area contributed by atoms with Crippen LogP contribution >= 0.6 is 0 Å². The minimum atomic E-state index is -0.499. The van der Waals surface area contributed by atoms with E-state index in [1.807, 2.05) is 4.90 Å². The molecule has 1 saturated heterocycles. The Bertz CT molecular complexity index is 920. The van der Waals surface area contributed by atoms with Crippen LogP contribution in [0.2, 0.25) is 0 Å². The molecule has 1 aromatic carbocycles. The summed E-state index contributed by atoms with van der Waals surface area (Å²) in [6, 6.07) is 8.40. The van der Waals surface area contributed by atoms with E-state index in [4.69, 9.17) is 0 Å². The molecule has 1 fully saturated rings. The average molecular weight is 423 g/mol. The van der Waals surface area contributed by atoms with Gasteiger partial charge in [-0.05, 0) is 37.2 Å². The molecule has 166 valence electrons. The summed E-state index contributed by atoms with van der Waals surface area (Å²) in [7, 11) is 0. The van der Waals surface area contributed by atoms with E-state index in [9.17, 15) is 9.90 Å². The maximum Gasteiger partial charge on any atom is 0.230 e. The molecule has 6 heteroatoms. The first-order valence-electron chi connectivity index (χ1n) is 11.5. The fourth-order valence-corrected chi connectivity index (χ4v) is 4.96. The van der Waals surface area contributed by atoms with Gasteiger partial charge in [0.05, 0.1) is 17.7 Å². The number of fused-ring (bicyclic) bond motifs is 1. The van der Waals surface area contributed by atoms with E-state index in [1.165, 1.54) is 5.56 Å². The lowest BCUT2D eigenvalue weighted by Gasteiger charge is -2.38. The number of aromatic nitrogens is 2. The highest BCUT2D eigenvalue weighted by molar-refractivity contribution is 5.84. The largest absolute Gasteiger partial charge is 0.387 e. The summed E-state index contributed by atoms with van der Waals surface area (Å²) in [5.41, 5.74) is 4.17. The van der Waals surface area contributed by atoms with Gasteiger partial charge in [-0.15, -0.1) is 0 Å². The first kappa shape index (κ1) is 21.8. The standard InChI is InChI=1S/C25H34N4O2/c1-16(2)13-20(19-7-5-17(3)6-8-19)25(31)29-11-9-28(10-12-29)24-22-18(4)14-21(30)23(22)26-15-27-24/h5-8,15-16,18,20-21,30H,9-14H2,1-4H3/t18-,20?,21-/m1/s1. The number of nitrogens with zero attached hydrogens (tertiary/aromatic N) is 4. The highest BCUT2D eigenvalue weighted by Crippen LogP contribution is 2.42. The molecule has 3 atom stereocenters. The molecule has 1 N–H and O–H groups in total. The lowest BCUT2D eigenvalue weighted by Crippen LogP contribution is -2.50. The molecule has 1 unspecified atom stereocenters. The number of piperazine rings is 1. The molecule has 0 saturated carbocycles. The van der Waals surface area contributed by atoms with Crippen molar-refractivity contribution in [3.05, 3.63) is 53.0 Å². The quantitative estimate of drug-likeness (QED) is 0.794. The number of rotatable bonds is 5. The van der Waals surface area contributed by atoms with Gasteiger partial charge in [0.1, 0.15) is 12.1 Å². The van der Waals surface area contributed by atoms with Crippen molar-refractivity contribution in [1.82, 2.24) is 14.9 Å². The predicted octanol–water partition coefficient (Wildman–Crippen LogP) is 3.80. The number of amides is 1. The van der Waals surface area contributed by atoms with E-state index >= 15 is 0 Å². The molecular formula is C25H34N4O2. The molecular weight excluding hydrogens is 388 g/mol. The fourth-order valence-electron chi connectivity index (χ4n) is 4.96. The number of hydrogen-bond donors (Lipinski definition) is 1. The fraction of sp³-hybridized carbons (Fsp3) is 0.560. The van der Waals surface area contributed by atoms with Crippen LogP contribution < -0.4 is 4.90 Å². The summed E-state index contributed by atoms with van der Waals surface area (Å²) in [5, 5.41) is 10.3. The van der Waals surface area contributed by atoms with E-state index in [0.29, 0.717) is 25.4 Å². The van der Waals surface area contributed by atoms with Crippen LogP contribution in [-0.4, -0.2) is 52.1 Å². The number of aliphatic hydroxyl groups is 1. The van der Waals surface area contributed by atoms with Crippen molar-refractivity contribution < 1.29 is 9.90 Å². The van der Waals surface area contributed by atoms with Crippen LogP contribution in [0.3, 0.4) is 0 Å². The number of anilines is 1. The van der Waals surface area contributed by atoms with E-state index in [0.717, 1.165) is 42.1 Å². The van der Waals surface area contributed by atoms with E-state index in [1.54, 1.807) is 6.33 Å². The molecule has 0 radical (unpaired) electrons. The van der Waals surface area contributed by atoms with E-state index in [-0.39, 0.29) is 17.7 Å². The minimum Gasteiger partial charge on any atom is -0.387 e. The number of benzene rings is 1. The Balaban J connectivity index is 1.48. The molecule has 1 aliphatic carbocycles. The van der Waals surface area contributed by atoms with Crippen molar-refractivity contribution in [2.45, 2.75) is 58.5 Å². The van der Waals surface area contributed by atoms with Gasteiger partial charge in [-0.2, -0.15) is 0 Å². The van der Waals surface area contributed by atoms with Gasteiger partial charge in [-0.25, -0.2) is 9.97 Å². The maximum absolute atomic E-state index is 13.5. The van der Waals surface area contributed by atoms with Crippen LogP contribution in [0.5, 0.6) is 0 Å². The third kappa shape index (κ3) is 4.45. The van der Waals surface area contributed by atoms with Crippen molar-refractivity contribution in [1.29, 1.82) is 0 Å². The van der Waals surface area contributed by atoms with Gasteiger partial charge in [0.2, 0.25) is 5.91 Å². The molecule has 4 rings (SSSR count). The summed E-state index contributed by atoms with van der Waals surface area (Å²) in [6.07, 6.45) is 2.62. The third-order valence-corrected chi connectivity index (χ3v) is 6.65. The van der Waals surface area contributed by atoms with E-state index < -0.39 is 6.10 Å². The second-order valence-corrected chi connectivity index (χ2v) is 9.55. The molecule has 2 heterocycles. The Kier molecular flexibility index (Phi) is 6.28. The zero-order valence-corrected chi connectivity index (χ0v) is 19.1. The normalized spacial score (nSPS) is 22.0. The van der Waals surface area contributed by atoms with Gasteiger partial charge in [-0.1, -0.05) is 50.6 Å². The second-order valence-electron chi connectivity index (χ2n) is 9.55. The molecule has 1 aromatic heterocycles. The van der Waals surface area contributed by atoms with Crippen LogP contribution in [0.1, 0.15) is 73.9 Å². The average Bonchev–Trinajstić information content (AvgIpc) is 3.06. The number of aryl methyl sites for hydroxylation is 1. The lowest BCUT2D eigenvalue weighted by molar-refractivity contribution is -0.133. The van der Waals surface area contributed by atoms with Crippen LogP contribution in [0.4, 0.5) is 5.82 Å². The monoisotopic (exact) mass is 422 g/mol. The van der Waals surface area contributed by atoms with E-state index in [2.05, 4.69) is 66.8 Å². The van der Waals surface area contributed by atoms with Crippen LogP contribution in [-0.2, 0) is 4.79 Å². The third-order valence-electron chi connectivity index (χ3n) is 6.65. The first-order valence-corrected chi connectivity index (χ1v) is 11.5. The lowest BCUT2D eigenvalue weighted by atomic mass is 9.88. The Morgan fingerprint density at radius 1 is 1.13 bits per heavy atom. The Morgan fingerprint density at radius 3 is 2.45 bits per heavy atom. The zero-order chi connectivity index (χ0) is 22.1. The summed E-state index contributed by atoms with van der Waals surface area (Å²) < 4.78 is 0. The van der Waals surface area contributed by atoms with Crippen molar-refractivity contribution in [2.24, 2.45) is 5.92 Å². The summed E-state index contributed by atoms with van der Waals surface area (Å²) >= 11 is 0. The Labute approximate surface area is 185 Å². The van der Waals surface area contributed by atoms with Crippen LogP contribution in [0.15, 0.2) is 30.6 Å². The second kappa shape index (κ2) is 8.95. The van der Waals surface area contributed by atoms with Crippen molar-refractivity contribution in [2.75, 3.05) is 31.1 Å². The molecule has 6 nitrogen and oxygen atoms in total. The number of carbonyl (C=O) groups excluding carboxylic acids is 1. The smallest absolute Gasteiger partial charge is 0.230 e. The highest BCUT2D eigenvalue weighted by Gasteiger charge is 2.35. The first-order chi connectivity index (χ1) is 14.8. The highest BCUT2D eigenvalue weighted by atomic mass is 16.3. The maximum atomic E-state index is 13.5. The Morgan fingerprint density at radius 2 is 1.81 bits per heavy atom. The molecule has 0 bridgehead atoms. The SMILES string of the molecule is Cc1ccc(C(CC(C)C)C(=O)N2CCN(c3ncnc4c3[C@H](C)C[C@H]4O)CC2)cc1. The van der Waals surface area contributed by atoms with Gasteiger partial charge in [0, 0.05) is 31.7 Å². The van der Waals surface area contributed by atoms with Crippen molar-refractivity contribution in [3.63, 3.8) is 0 Å². The van der Waals surface area contributed by atoms with Gasteiger partial charge < -0.3 is 14.9 Å². The molecule has 31 heavy (non-hydrogen) atoms. The van der Waals surface area contributed by atoms with Gasteiger partial charge in [-0.3, -0.25) is 4.79 Å². The predicted molar refractivity (Wildman–Crippen MR) is 122 cm³/mol. The molecule has 0 spiro atoms. The zero-order valence-electron chi connectivity index (χ0n) is 19.1. The Hall–Kier alpha value is -2.47.